The van der Waals surface area contributed by atoms with Gasteiger partial charge >= 0.3 is 0 Å². The van der Waals surface area contributed by atoms with Crippen LogP contribution in [0.2, 0.25) is 10.0 Å². The standard InChI is InChI=1S/C22H11Cl2F2N3/c23-16-7-4-8-18(19(16)24)29-22-14-9-13(25)10-17(26)21(14)27-11-15(22)20(28-29)12-5-2-1-3-6-12/h1-11H. The Labute approximate surface area is 174 Å². The van der Waals surface area contributed by atoms with Crippen molar-refractivity contribution >= 4 is 45.0 Å². The van der Waals surface area contributed by atoms with Gasteiger partial charge in [0.25, 0.3) is 0 Å². The van der Waals surface area contributed by atoms with E-state index in [0.29, 0.717) is 37.7 Å². The van der Waals surface area contributed by atoms with Crippen molar-refractivity contribution in [2.45, 2.75) is 0 Å². The lowest BCUT2D eigenvalue weighted by atomic mass is 10.1. The first kappa shape index (κ1) is 18.0. The summed E-state index contributed by atoms with van der Waals surface area (Å²) in [6, 6.07) is 16.7. The first-order valence-electron chi connectivity index (χ1n) is 8.71. The maximum Gasteiger partial charge on any atom is 0.152 e. The molecule has 0 aliphatic heterocycles. The van der Waals surface area contributed by atoms with Crippen molar-refractivity contribution in [3.05, 3.63) is 88.5 Å². The normalized spacial score (nSPS) is 11.4. The number of hydrogen-bond donors (Lipinski definition) is 0. The average molecular weight is 426 g/mol. The Morgan fingerprint density at radius 1 is 0.862 bits per heavy atom. The number of hydrogen-bond acceptors (Lipinski definition) is 2. The van der Waals surface area contributed by atoms with E-state index in [1.54, 1.807) is 29.1 Å². The molecule has 0 spiro atoms. The summed E-state index contributed by atoms with van der Waals surface area (Å²) < 4.78 is 30.1. The van der Waals surface area contributed by atoms with Crippen molar-refractivity contribution in [1.29, 1.82) is 0 Å². The van der Waals surface area contributed by atoms with Crippen LogP contribution >= 0.6 is 23.2 Å². The van der Waals surface area contributed by atoms with Gasteiger partial charge in [0.05, 0.1) is 21.2 Å². The summed E-state index contributed by atoms with van der Waals surface area (Å²) in [5, 5.41) is 6.31. The van der Waals surface area contributed by atoms with Gasteiger partial charge in [0, 0.05) is 28.6 Å². The predicted molar refractivity (Wildman–Crippen MR) is 112 cm³/mol. The molecule has 2 heterocycles. The van der Waals surface area contributed by atoms with E-state index in [-0.39, 0.29) is 5.52 Å². The lowest BCUT2D eigenvalue weighted by Gasteiger charge is -2.09. The molecule has 0 bridgehead atoms. The number of fused-ring (bicyclic) bond motifs is 3. The van der Waals surface area contributed by atoms with Crippen LogP contribution in [0.3, 0.4) is 0 Å². The van der Waals surface area contributed by atoms with Gasteiger partial charge in [-0.3, -0.25) is 4.98 Å². The van der Waals surface area contributed by atoms with Crippen LogP contribution in [0.5, 0.6) is 0 Å². The fraction of sp³-hybridized carbons (Fsp3) is 0. The van der Waals surface area contributed by atoms with Crippen molar-refractivity contribution in [3.63, 3.8) is 0 Å². The van der Waals surface area contributed by atoms with Gasteiger partial charge in [0.15, 0.2) is 5.82 Å². The highest BCUT2D eigenvalue weighted by molar-refractivity contribution is 6.43. The van der Waals surface area contributed by atoms with E-state index < -0.39 is 11.6 Å². The Morgan fingerprint density at radius 3 is 2.45 bits per heavy atom. The predicted octanol–water partition coefficient (Wildman–Crippen LogP) is 6.83. The van der Waals surface area contributed by atoms with Gasteiger partial charge in [-0.15, -0.1) is 0 Å². The molecule has 0 aliphatic rings. The third-order valence-corrected chi connectivity index (χ3v) is 5.54. The second-order valence-corrected chi connectivity index (χ2v) is 7.29. The quantitative estimate of drug-likeness (QED) is 0.310. The van der Waals surface area contributed by atoms with Crippen molar-refractivity contribution in [1.82, 2.24) is 14.8 Å². The summed E-state index contributed by atoms with van der Waals surface area (Å²) in [5.41, 5.74) is 2.51. The molecule has 0 unspecified atom stereocenters. The SMILES string of the molecule is Fc1cc(F)c2ncc3c(-c4ccccc4)nn(-c4cccc(Cl)c4Cl)c3c2c1. The molecule has 0 aliphatic carbocycles. The van der Waals surface area contributed by atoms with Crippen LogP contribution in [0.25, 0.3) is 38.8 Å². The van der Waals surface area contributed by atoms with E-state index in [9.17, 15) is 8.78 Å². The highest BCUT2D eigenvalue weighted by Gasteiger charge is 2.20. The van der Waals surface area contributed by atoms with Gasteiger partial charge in [0.1, 0.15) is 17.0 Å². The molecule has 5 rings (SSSR count). The molecule has 0 amide bonds. The summed E-state index contributed by atoms with van der Waals surface area (Å²) in [7, 11) is 0. The highest BCUT2D eigenvalue weighted by Crippen LogP contribution is 2.37. The third kappa shape index (κ3) is 2.85. The lowest BCUT2D eigenvalue weighted by Crippen LogP contribution is -1.99. The molecule has 7 heteroatoms. The van der Waals surface area contributed by atoms with E-state index in [0.717, 1.165) is 11.6 Å². The second kappa shape index (κ2) is 6.79. The maximum absolute atomic E-state index is 14.4. The van der Waals surface area contributed by atoms with Crippen LogP contribution in [0.4, 0.5) is 8.78 Å². The number of pyridine rings is 1. The largest absolute Gasteiger partial charge is 0.252 e. The van der Waals surface area contributed by atoms with Crippen LogP contribution < -0.4 is 0 Å². The Kier molecular flexibility index (Phi) is 4.23. The van der Waals surface area contributed by atoms with E-state index >= 15 is 0 Å². The first-order valence-corrected chi connectivity index (χ1v) is 9.46. The molecule has 0 N–H and O–H groups in total. The molecule has 5 aromatic rings. The third-order valence-electron chi connectivity index (χ3n) is 4.73. The molecule has 0 radical (unpaired) electrons. The van der Waals surface area contributed by atoms with Crippen molar-refractivity contribution in [3.8, 4) is 16.9 Å². The van der Waals surface area contributed by atoms with Crippen molar-refractivity contribution < 1.29 is 8.78 Å². The monoisotopic (exact) mass is 425 g/mol. The molecule has 0 saturated carbocycles. The zero-order valence-electron chi connectivity index (χ0n) is 14.7. The molecule has 0 fully saturated rings. The number of aromatic nitrogens is 3. The summed E-state index contributed by atoms with van der Waals surface area (Å²) >= 11 is 12.6. The number of benzene rings is 3. The molecule has 142 valence electrons. The molecule has 29 heavy (non-hydrogen) atoms. The molecular formula is C22H11Cl2F2N3. The minimum absolute atomic E-state index is 0.0535. The van der Waals surface area contributed by atoms with E-state index in [2.05, 4.69) is 4.98 Å². The van der Waals surface area contributed by atoms with Crippen molar-refractivity contribution in [2.75, 3.05) is 0 Å². The van der Waals surface area contributed by atoms with E-state index in [4.69, 9.17) is 28.3 Å². The van der Waals surface area contributed by atoms with Crippen LogP contribution in [0.1, 0.15) is 0 Å². The molecule has 2 aromatic heterocycles. The van der Waals surface area contributed by atoms with Gasteiger partial charge in [-0.1, -0.05) is 59.6 Å². The summed E-state index contributed by atoms with van der Waals surface area (Å²) in [4.78, 5) is 4.23. The van der Waals surface area contributed by atoms with Crippen LogP contribution in [0, 0.1) is 11.6 Å². The van der Waals surface area contributed by atoms with Crippen LogP contribution in [-0.2, 0) is 0 Å². The zero-order chi connectivity index (χ0) is 20.1. The van der Waals surface area contributed by atoms with Crippen LogP contribution in [0.15, 0.2) is 66.9 Å². The number of halogens is 4. The minimum Gasteiger partial charge on any atom is -0.252 e. The van der Waals surface area contributed by atoms with Gasteiger partial charge in [0.2, 0.25) is 0 Å². The maximum atomic E-state index is 14.4. The average Bonchev–Trinajstić information content (AvgIpc) is 3.10. The van der Waals surface area contributed by atoms with E-state index in [1.165, 1.54) is 6.07 Å². The Balaban J connectivity index is 1.98. The molecular weight excluding hydrogens is 415 g/mol. The zero-order valence-corrected chi connectivity index (χ0v) is 16.2. The molecule has 0 atom stereocenters. The molecule has 3 aromatic carbocycles. The minimum atomic E-state index is -0.742. The van der Waals surface area contributed by atoms with Gasteiger partial charge in [-0.25, -0.2) is 13.5 Å². The van der Waals surface area contributed by atoms with E-state index in [1.807, 2.05) is 30.3 Å². The molecule has 3 nitrogen and oxygen atoms in total. The smallest absolute Gasteiger partial charge is 0.152 e. The Morgan fingerprint density at radius 2 is 1.66 bits per heavy atom. The lowest BCUT2D eigenvalue weighted by molar-refractivity contribution is 0.590. The number of rotatable bonds is 2. The summed E-state index contributed by atoms with van der Waals surface area (Å²) in [6.45, 7) is 0. The fourth-order valence-electron chi connectivity index (χ4n) is 3.46. The highest BCUT2D eigenvalue weighted by atomic mass is 35.5. The van der Waals surface area contributed by atoms with Crippen molar-refractivity contribution in [2.24, 2.45) is 0 Å². The molecule has 0 saturated heterocycles. The fourth-order valence-corrected chi connectivity index (χ4v) is 3.83. The number of nitrogens with zero attached hydrogens (tertiary/aromatic N) is 3. The first-order chi connectivity index (χ1) is 14.0. The Bertz CT molecular complexity index is 1400. The summed E-state index contributed by atoms with van der Waals surface area (Å²) in [6.07, 6.45) is 1.54. The topological polar surface area (TPSA) is 30.7 Å². The second-order valence-electron chi connectivity index (χ2n) is 6.50. The Hall–Kier alpha value is -3.02. The van der Waals surface area contributed by atoms with Gasteiger partial charge in [-0.05, 0) is 18.2 Å². The van der Waals surface area contributed by atoms with Crippen LogP contribution in [-0.4, -0.2) is 14.8 Å². The summed E-state index contributed by atoms with van der Waals surface area (Å²) in [5.74, 6) is -1.44. The van der Waals surface area contributed by atoms with Gasteiger partial charge < -0.3 is 0 Å². The van der Waals surface area contributed by atoms with Gasteiger partial charge in [-0.2, -0.15) is 5.10 Å².